The zero-order valence-electron chi connectivity index (χ0n) is 19.2. The van der Waals surface area contributed by atoms with Crippen molar-refractivity contribution in [2.75, 3.05) is 53.6 Å². The third-order valence-corrected chi connectivity index (χ3v) is 6.60. The molecule has 0 aromatic heterocycles. The van der Waals surface area contributed by atoms with Gasteiger partial charge in [-0.25, -0.2) is 0 Å². The fourth-order valence-corrected chi connectivity index (χ4v) is 4.63. The Morgan fingerprint density at radius 3 is 2.45 bits per heavy atom. The van der Waals surface area contributed by atoms with Gasteiger partial charge in [0.25, 0.3) is 0 Å². The molecule has 0 saturated carbocycles. The molecular formula is C24H37N3O4. The fraction of sp³-hybridized carbons (Fsp3) is 0.667. The van der Waals surface area contributed by atoms with Crippen LogP contribution in [0.3, 0.4) is 0 Å². The Morgan fingerprint density at radius 2 is 1.81 bits per heavy atom. The van der Waals surface area contributed by atoms with Crippen molar-refractivity contribution in [1.29, 1.82) is 0 Å². The number of likely N-dealkylation sites (tertiary alicyclic amines) is 1. The lowest BCUT2D eigenvalue weighted by molar-refractivity contribution is -0.131. The minimum atomic E-state index is 0.117. The van der Waals surface area contributed by atoms with Crippen molar-refractivity contribution in [3.05, 3.63) is 29.8 Å². The first-order chi connectivity index (χ1) is 15.0. The maximum atomic E-state index is 12.8. The molecule has 7 nitrogen and oxygen atoms in total. The van der Waals surface area contributed by atoms with Gasteiger partial charge in [-0.05, 0) is 43.4 Å². The standard InChI is InChI=1S/C24H37N3O4/c1-19(28)26-12-4-5-22(18-26)27(21-10-15-31-16-11-21)14-13-25(2)24(29)17-20-6-8-23(30-3)9-7-20/h6-9,21-22H,4-5,10-18H2,1-3H3. The lowest BCUT2D eigenvalue weighted by atomic mass is 9.98. The average molecular weight is 432 g/mol. The maximum absolute atomic E-state index is 12.8. The molecule has 0 N–H and O–H groups in total. The molecule has 31 heavy (non-hydrogen) atoms. The van der Waals surface area contributed by atoms with Crippen LogP contribution in [0.15, 0.2) is 24.3 Å². The molecule has 0 bridgehead atoms. The van der Waals surface area contributed by atoms with Crippen molar-refractivity contribution in [2.45, 2.75) is 51.1 Å². The first-order valence-corrected chi connectivity index (χ1v) is 11.4. The Morgan fingerprint density at radius 1 is 1.10 bits per heavy atom. The van der Waals surface area contributed by atoms with Gasteiger partial charge in [0, 0.05) is 65.4 Å². The molecule has 2 fully saturated rings. The number of hydrogen-bond acceptors (Lipinski definition) is 5. The van der Waals surface area contributed by atoms with Crippen LogP contribution in [-0.2, 0) is 20.7 Å². The first kappa shape index (κ1) is 23.5. The van der Waals surface area contributed by atoms with Crippen LogP contribution in [0.5, 0.6) is 5.75 Å². The smallest absolute Gasteiger partial charge is 0.226 e. The quantitative estimate of drug-likeness (QED) is 0.631. The van der Waals surface area contributed by atoms with Crippen molar-refractivity contribution in [3.63, 3.8) is 0 Å². The van der Waals surface area contributed by atoms with Gasteiger partial charge in [0.2, 0.25) is 11.8 Å². The van der Waals surface area contributed by atoms with E-state index in [9.17, 15) is 9.59 Å². The Hall–Kier alpha value is -2.12. The molecule has 0 radical (unpaired) electrons. The number of likely N-dealkylation sites (N-methyl/N-ethyl adjacent to an activating group) is 1. The second-order valence-corrected chi connectivity index (χ2v) is 8.68. The van der Waals surface area contributed by atoms with Crippen molar-refractivity contribution in [2.24, 2.45) is 0 Å². The summed E-state index contributed by atoms with van der Waals surface area (Å²) in [5.74, 6) is 1.07. The summed E-state index contributed by atoms with van der Waals surface area (Å²) in [7, 11) is 3.52. The first-order valence-electron chi connectivity index (χ1n) is 11.4. The number of nitrogens with zero attached hydrogens (tertiary/aromatic N) is 3. The van der Waals surface area contributed by atoms with Crippen molar-refractivity contribution in [3.8, 4) is 5.75 Å². The topological polar surface area (TPSA) is 62.3 Å². The highest BCUT2D eigenvalue weighted by atomic mass is 16.5. The van der Waals surface area contributed by atoms with Gasteiger partial charge in [0.15, 0.2) is 0 Å². The lowest BCUT2D eigenvalue weighted by Crippen LogP contribution is -2.55. The zero-order chi connectivity index (χ0) is 22.2. The molecule has 2 aliphatic heterocycles. The maximum Gasteiger partial charge on any atom is 0.226 e. The number of piperidine rings is 1. The molecule has 2 saturated heterocycles. The number of carbonyl (C=O) groups is 2. The Bertz CT molecular complexity index is 718. The van der Waals surface area contributed by atoms with Crippen LogP contribution in [0.4, 0.5) is 0 Å². The number of hydrogen-bond donors (Lipinski definition) is 0. The summed E-state index contributed by atoms with van der Waals surface area (Å²) in [4.78, 5) is 31.1. The summed E-state index contributed by atoms with van der Waals surface area (Å²) in [5, 5.41) is 0. The highest BCUT2D eigenvalue weighted by molar-refractivity contribution is 5.78. The molecule has 3 rings (SSSR count). The number of amides is 2. The molecule has 1 aromatic carbocycles. The molecule has 2 aliphatic rings. The van der Waals surface area contributed by atoms with Gasteiger partial charge in [0.05, 0.1) is 13.5 Å². The molecule has 1 unspecified atom stereocenters. The summed E-state index contributed by atoms with van der Waals surface area (Å²) >= 11 is 0. The van der Waals surface area contributed by atoms with E-state index in [4.69, 9.17) is 9.47 Å². The van der Waals surface area contributed by atoms with Gasteiger partial charge in [-0.1, -0.05) is 12.1 Å². The van der Waals surface area contributed by atoms with E-state index in [1.807, 2.05) is 41.1 Å². The third-order valence-electron chi connectivity index (χ3n) is 6.60. The number of ether oxygens (including phenoxy) is 2. The van der Waals surface area contributed by atoms with Crippen LogP contribution in [0.1, 0.15) is 38.2 Å². The van der Waals surface area contributed by atoms with E-state index in [2.05, 4.69) is 4.90 Å². The zero-order valence-corrected chi connectivity index (χ0v) is 19.2. The largest absolute Gasteiger partial charge is 0.497 e. The Kier molecular flexibility index (Phi) is 8.72. The van der Waals surface area contributed by atoms with Crippen molar-refractivity contribution < 1.29 is 19.1 Å². The van der Waals surface area contributed by atoms with E-state index in [1.165, 1.54) is 0 Å². The van der Waals surface area contributed by atoms with E-state index in [0.29, 0.717) is 25.0 Å². The predicted molar refractivity (Wildman–Crippen MR) is 120 cm³/mol. The van der Waals surface area contributed by atoms with Crippen molar-refractivity contribution in [1.82, 2.24) is 14.7 Å². The number of rotatable bonds is 8. The van der Waals surface area contributed by atoms with Crippen LogP contribution in [0.25, 0.3) is 0 Å². The molecule has 2 heterocycles. The highest BCUT2D eigenvalue weighted by Crippen LogP contribution is 2.23. The number of methoxy groups -OCH3 is 1. The van der Waals surface area contributed by atoms with Crippen LogP contribution >= 0.6 is 0 Å². The second-order valence-electron chi connectivity index (χ2n) is 8.68. The summed E-state index contributed by atoms with van der Waals surface area (Å²) in [5.41, 5.74) is 0.989. The normalized spacial score (nSPS) is 20.0. The second kappa shape index (κ2) is 11.5. The molecule has 7 heteroatoms. The van der Waals surface area contributed by atoms with Gasteiger partial charge in [-0.15, -0.1) is 0 Å². The van der Waals surface area contributed by atoms with Gasteiger partial charge in [-0.2, -0.15) is 0 Å². The van der Waals surface area contributed by atoms with E-state index < -0.39 is 0 Å². The predicted octanol–water partition coefficient (Wildman–Crippen LogP) is 2.19. The summed E-state index contributed by atoms with van der Waals surface area (Å²) < 4.78 is 10.8. The van der Waals surface area contributed by atoms with E-state index in [-0.39, 0.29) is 11.8 Å². The van der Waals surface area contributed by atoms with Crippen molar-refractivity contribution >= 4 is 11.8 Å². The summed E-state index contributed by atoms with van der Waals surface area (Å²) in [6, 6.07) is 8.47. The van der Waals surface area contributed by atoms with E-state index in [0.717, 1.165) is 69.8 Å². The molecule has 1 aromatic rings. The highest BCUT2D eigenvalue weighted by Gasteiger charge is 2.32. The molecular weight excluding hydrogens is 394 g/mol. The molecule has 172 valence electrons. The van der Waals surface area contributed by atoms with Crippen LogP contribution in [-0.4, -0.2) is 92.1 Å². The average Bonchev–Trinajstić information content (AvgIpc) is 2.80. The third kappa shape index (κ3) is 6.68. The number of benzene rings is 1. The molecule has 0 aliphatic carbocycles. The van der Waals surface area contributed by atoms with Crippen LogP contribution in [0, 0.1) is 0 Å². The monoisotopic (exact) mass is 431 g/mol. The van der Waals surface area contributed by atoms with Crippen LogP contribution in [0.2, 0.25) is 0 Å². The minimum absolute atomic E-state index is 0.117. The van der Waals surface area contributed by atoms with Gasteiger partial charge in [-0.3, -0.25) is 14.5 Å². The molecule has 0 spiro atoms. The van der Waals surface area contributed by atoms with E-state index in [1.54, 1.807) is 14.0 Å². The summed E-state index contributed by atoms with van der Waals surface area (Å²) in [6.07, 6.45) is 4.56. The van der Waals surface area contributed by atoms with Gasteiger partial charge < -0.3 is 19.3 Å². The Labute approximate surface area is 186 Å². The van der Waals surface area contributed by atoms with Gasteiger partial charge in [0.1, 0.15) is 5.75 Å². The lowest BCUT2D eigenvalue weighted by Gasteiger charge is -2.44. The van der Waals surface area contributed by atoms with Crippen LogP contribution < -0.4 is 4.74 Å². The number of carbonyl (C=O) groups excluding carboxylic acids is 2. The Balaban J connectivity index is 1.59. The fourth-order valence-electron chi connectivity index (χ4n) is 4.63. The summed E-state index contributed by atoms with van der Waals surface area (Å²) in [6.45, 7) is 6.39. The van der Waals surface area contributed by atoms with Gasteiger partial charge >= 0.3 is 0 Å². The van der Waals surface area contributed by atoms with E-state index >= 15 is 0 Å². The molecule has 1 atom stereocenters. The minimum Gasteiger partial charge on any atom is -0.497 e. The SMILES string of the molecule is COc1ccc(CC(=O)N(C)CCN(C2CCOCC2)C2CCCN(C(C)=O)C2)cc1. The molecule has 2 amide bonds.